The number of aliphatic carboxylic acids is 1. The second-order valence-electron chi connectivity index (χ2n) is 4.12. The van der Waals surface area contributed by atoms with E-state index in [1.54, 1.807) is 6.07 Å². The Labute approximate surface area is 110 Å². The zero-order valence-electron chi connectivity index (χ0n) is 10.8. The Kier molecular flexibility index (Phi) is 4.64. The quantitative estimate of drug-likeness (QED) is 0.857. The standard InChI is InChI=1S/C14H16F2O3/c1-4-10-6-7-12(19-9(3)13(17)18)11(8-10)14(15,16)5-2/h4,6-9H,1,5H2,2-3H3,(H,17,18)/t9-/m0/s1. The second-order valence-corrected chi connectivity index (χ2v) is 4.12. The number of rotatable bonds is 6. The van der Waals surface area contributed by atoms with E-state index < -0.39 is 24.4 Å². The predicted octanol–water partition coefficient (Wildman–Crippen LogP) is 3.68. The smallest absolute Gasteiger partial charge is 0.344 e. The van der Waals surface area contributed by atoms with Gasteiger partial charge in [-0.25, -0.2) is 13.6 Å². The predicted molar refractivity (Wildman–Crippen MR) is 68.4 cm³/mol. The van der Waals surface area contributed by atoms with Crippen LogP contribution in [0.25, 0.3) is 6.08 Å². The van der Waals surface area contributed by atoms with Crippen LogP contribution in [0, 0.1) is 0 Å². The van der Waals surface area contributed by atoms with Gasteiger partial charge in [0.1, 0.15) is 5.75 Å². The molecule has 0 aliphatic carbocycles. The van der Waals surface area contributed by atoms with Crippen molar-refractivity contribution in [2.24, 2.45) is 0 Å². The summed E-state index contributed by atoms with van der Waals surface area (Å²) in [5, 5.41) is 8.77. The van der Waals surface area contributed by atoms with E-state index in [0.717, 1.165) is 0 Å². The summed E-state index contributed by atoms with van der Waals surface area (Å²) in [5.74, 6) is -4.40. The van der Waals surface area contributed by atoms with Gasteiger partial charge in [-0.15, -0.1) is 0 Å². The van der Waals surface area contributed by atoms with Gasteiger partial charge in [0.2, 0.25) is 0 Å². The van der Waals surface area contributed by atoms with Crippen molar-refractivity contribution < 1.29 is 23.4 Å². The Morgan fingerprint density at radius 1 is 1.58 bits per heavy atom. The van der Waals surface area contributed by atoms with Crippen LogP contribution in [0.2, 0.25) is 0 Å². The average Bonchev–Trinajstić information content (AvgIpc) is 2.38. The van der Waals surface area contributed by atoms with E-state index in [0.29, 0.717) is 5.56 Å². The number of ether oxygens (including phenoxy) is 1. The first-order chi connectivity index (χ1) is 8.81. The molecule has 1 aromatic carbocycles. The van der Waals surface area contributed by atoms with Crippen molar-refractivity contribution in [2.45, 2.75) is 32.3 Å². The molecule has 0 aromatic heterocycles. The molecule has 1 N–H and O–H groups in total. The summed E-state index contributed by atoms with van der Waals surface area (Å²) in [7, 11) is 0. The number of hydrogen-bond donors (Lipinski definition) is 1. The molecule has 0 saturated heterocycles. The van der Waals surface area contributed by atoms with Gasteiger partial charge in [-0.1, -0.05) is 25.6 Å². The highest BCUT2D eigenvalue weighted by Crippen LogP contribution is 2.38. The van der Waals surface area contributed by atoms with Crippen LogP contribution in [0.1, 0.15) is 31.4 Å². The summed E-state index contributed by atoms with van der Waals surface area (Å²) in [4.78, 5) is 10.7. The highest BCUT2D eigenvalue weighted by Gasteiger charge is 2.33. The van der Waals surface area contributed by atoms with Crippen molar-refractivity contribution in [3.63, 3.8) is 0 Å². The zero-order valence-corrected chi connectivity index (χ0v) is 10.8. The van der Waals surface area contributed by atoms with Gasteiger partial charge in [0.15, 0.2) is 6.10 Å². The van der Waals surface area contributed by atoms with E-state index in [9.17, 15) is 13.6 Å². The molecule has 0 radical (unpaired) electrons. The van der Waals surface area contributed by atoms with Crippen LogP contribution < -0.4 is 4.74 Å². The van der Waals surface area contributed by atoms with Crippen molar-refractivity contribution in [3.05, 3.63) is 35.9 Å². The van der Waals surface area contributed by atoms with Crippen LogP contribution in [0.5, 0.6) is 5.75 Å². The van der Waals surface area contributed by atoms with Gasteiger partial charge < -0.3 is 9.84 Å². The number of benzene rings is 1. The third-order valence-electron chi connectivity index (χ3n) is 2.73. The highest BCUT2D eigenvalue weighted by atomic mass is 19.3. The number of hydrogen-bond acceptors (Lipinski definition) is 2. The molecule has 0 amide bonds. The van der Waals surface area contributed by atoms with Gasteiger partial charge in [-0.3, -0.25) is 0 Å². The summed E-state index contributed by atoms with van der Waals surface area (Å²) in [6, 6.07) is 4.15. The van der Waals surface area contributed by atoms with Crippen LogP contribution in [-0.4, -0.2) is 17.2 Å². The maximum absolute atomic E-state index is 13.9. The third kappa shape index (κ3) is 3.53. The first-order valence-corrected chi connectivity index (χ1v) is 5.86. The van der Waals surface area contributed by atoms with Crippen molar-refractivity contribution in [2.75, 3.05) is 0 Å². The molecule has 0 heterocycles. The minimum atomic E-state index is -3.08. The zero-order chi connectivity index (χ0) is 14.6. The lowest BCUT2D eigenvalue weighted by Gasteiger charge is -2.20. The number of halogens is 2. The molecular formula is C14H16F2O3. The fourth-order valence-electron chi connectivity index (χ4n) is 1.49. The van der Waals surface area contributed by atoms with Crippen LogP contribution in [0.15, 0.2) is 24.8 Å². The van der Waals surface area contributed by atoms with E-state index in [1.165, 1.54) is 32.1 Å². The molecule has 0 bridgehead atoms. The van der Waals surface area contributed by atoms with Gasteiger partial charge in [0.05, 0.1) is 5.56 Å². The third-order valence-corrected chi connectivity index (χ3v) is 2.73. The fourth-order valence-corrected chi connectivity index (χ4v) is 1.49. The Balaban J connectivity index is 3.23. The first-order valence-electron chi connectivity index (χ1n) is 5.86. The summed E-state index contributed by atoms with van der Waals surface area (Å²) >= 11 is 0. The Morgan fingerprint density at radius 2 is 2.21 bits per heavy atom. The van der Waals surface area contributed by atoms with Crippen molar-refractivity contribution in [1.82, 2.24) is 0 Å². The van der Waals surface area contributed by atoms with E-state index in [-0.39, 0.29) is 11.3 Å². The SMILES string of the molecule is C=Cc1ccc(O[C@@H](C)C(=O)O)c(C(F)(F)CC)c1. The molecule has 1 atom stereocenters. The van der Waals surface area contributed by atoms with Crippen LogP contribution in [0.4, 0.5) is 8.78 Å². The Morgan fingerprint density at radius 3 is 2.68 bits per heavy atom. The summed E-state index contributed by atoms with van der Waals surface area (Å²) in [5.41, 5.74) is 0.207. The maximum atomic E-state index is 13.9. The number of carboxylic acid groups (broad SMARTS) is 1. The van der Waals surface area contributed by atoms with E-state index in [4.69, 9.17) is 9.84 Å². The molecular weight excluding hydrogens is 254 g/mol. The molecule has 1 aromatic rings. The summed E-state index contributed by atoms with van der Waals surface area (Å²) in [6.45, 7) is 6.16. The molecule has 5 heteroatoms. The topological polar surface area (TPSA) is 46.5 Å². The molecule has 0 unspecified atom stereocenters. The number of alkyl halides is 2. The number of carbonyl (C=O) groups is 1. The minimum absolute atomic E-state index is 0.118. The fraction of sp³-hybridized carbons (Fsp3) is 0.357. The van der Waals surface area contributed by atoms with Gasteiger partial charge in [-0.2, -0.15) is 0 Å². The Bertz CT molecular complexity index is 484. The van der Waals surface area contributed by atoms with Gasteiger partial charge in [-0.05, 0) is 24.6 Å². The van der Waals surface area contributed by atoms with Crippen molar-refractivity contribution in [1.29, 1.82) is 0 Å². The molecule has 0 spiro atoms. The number of carboxylic acids is 1. The summed E-state index contributed by atoms with van der Waals surface area (Å²) in [6.07, 6.45) is -0.147. The molecule has 3 nitrogen and oxygen atoms in total. The molecule has 0 fully saturated rings. The average molecular weight is 270 g/mol. The largest absolute Gasteiger partial charge is 0.479 e. The van der Waals surface area contributed by atoms with E-state index >= 15 is 0 Å². The van der Waals surface area contributed by atoms with Crippen molar-refractivity contribution in [3.8, 4) is 5.75 Å². The van der Waals surface area contributed by atoms with Gasteiger partial charge >= 0.3 is 5.97 Å². The lowest BCUT2D eigenvalue weighted by atomic mass is 10.0. The van der Waals surface area contributed by atoms with Gasteiger partial charge in [0, 0.05) is 6.42 Å². The molecule has 0 saturated carbocycles. The minimum Gasteiger partial charge on any atom is -0.479 e. The van der Waals surface area contributed by atoms with Crippen molar-refractivity contribution >= 4 is 12.0 Å². The monoisotopic (exact) mass is 270 g/mol. The maximum Gasteiger partial charge on any atom is 0.344 e. The van der Waals surface area contributed by atoms with Crippen LogP contribution in [-0.2, 0) is 10.7 Å². The van der Waals surface area contributed by atoms with E-state index in [1.807, 2.05) is 0 Å². The molecule has 1 rings (SSSR count). The second kappa shape index (κ2) is 5.82. The normalized spacial score (nSPS) is 12.8. The molecule has 104 valence electrons. The molecule has 0 aliphatic heterocycles. The Hall–Kier alpha value is -1.91. The lowest BCUT2D eigenvalue weighted by Crippen LogP contribution is -2.25. The van der Waals surface area contributed by atoms with Gasteiger partial charge in [0.25, 0.3) is 5.92 Å². The first kappa shape index (κ1) is 15.1. The summed E-state index contributed by atoms with van der Waals surface area (Å²) < 4.78 is 32.8. The van der Waals surface area contributed by atoms with E-state index in [2.05, 4.69) is 6.58 Å². The van der Waals surface area contributed by atoms with Crippen LogP contribution >= 0.6 is 0 Å². The molecule has 0 aliphatic rings. The molecule has 19 heavy (non-hydrogen) atoms. The highest BCUT2D eigenvalue weighted by molar-refractivity contribution is 5.72. The van der Waals surface area contributed by atoms with Crippen LogP contribution in [0.3, 0.4) is 0 Å². The lowest BCUT2D eigenvalue weighted by molar-refractivity contribution is -0.144.